The zero-order valence-corrected chi connectivity index (χ0v) is 9.56. The van der Waals surface area contributed by atoms with Gasteiger partial charge in [0.2, 0.25) is 5.91 Å². The minimum absolute atomic E-state index is 0. The molecule has 3 nitrogen and oxygen atoms in total. The highest BCUT2D eigenvalue weighted by molar-refractivity contribution is 5.87. The van der Waals surface area contributed by atoms with E-state index in [4.69, 9.17) is 0 Å². The second-order valence-corrected chi connectivity index (χ2v) is 4.09. The van der Waals surface area contributed by atoms with Gasteiger partial charge in [-0.05, 0) is 13.0 Å². The minimum Gasteiger partial charge on any atom is -1.00 e. The van der Waals surface area contributed by atoms with Crippen molar-refractivity contribution >= 4 is 5.91 Å². The summed E-state index contributed by atoms with van der Waals surface area (Å²) in [7, 11) is 6.28. The van der Waals surface area contributed by atoms with E-state index in [1.807, 2.05) is 6.92 Å². The largest absolute Gasteiger partial charge is 1.00 e. The van der Waals surface area contributed by atoms with E-state index in [0.29, 0.717) is 0 Å². The van der Waals surface area contributed by atoms with Crippen molar-refractivity contribution in [1.29, 1.82) is 0 Å². The maximum absolute atomic E-state index is 10.9. The molecule has 78 valence electrons. The lowest BCUT2D eigenvalue weighted by atomic mass is 10.3. The summed E-state index contributed by atoms with van der Waals surface area (Å²) in [4.78, 5) is 10.9. The fourth-order valence-corrected chi connectivity index (χ4v) is 1.17. The number of quaternary nitrogens is 1. The third kappa shape index (κ3) is 9.37. The number of halogens is 1. The van der Waals surface area contributed by atoms with Gasteiger partial charge in [0.1, 0.15) is 0 Å². The van der Waals surface area contributed by atoms with Gasteiger partial charge >= 0.3 is 0 Å². The highest BCUT2D eigenvalue weighted by atomic mass is 35.5. The molecule has 0 aromatic carbocycles. The molecule has 0 aromatic heterocycles. The standard InChI is InChI=1S/C9H18N2O.ClH/c1-6-9(12)10-8(2)7-11(3,4)5;/h6,8H,1,7H2,2-5H3;1H. The van der Waals surface area contributed by atoms with Crippen LogP contribution in [-0.4, -0.2) is 44.1 Å². The van der Waals surface area contributed by atoms with E-state index in [2.05, 4.69) is 33.0 Å². The van der Waals surface area contributed by atoms with Gasteiger partial charge in [-0.2, -0.15) is 0 Å². The Hall–Kier alpha value is -0.540. The first kappa shape index (κ1) is 15.0. The van der Waals surface area contributed by atoms with Crippen LogP contribution in [0, 0.1) is 0 Å². The number of hydrogen-bond acceptors (Lipinski definition) is 1. The van der Waals surface area contributed by atoms with Gasteiger partial charge in [0, 0.05) is 0 Å². The number of rotatable bonds is 4. The van der Waals surface area contributed by atoms with Gasteiger partial charge in [-0.15, -0.1) is 0 Å². The molecule has 0 saturated carbocycles. The maximum atomic E-state index is 10.9. The van der Waals surface area contributed by atoms with Crippen molar-refractivity contribution in [2.75, 3.05) is 27.7 Å². The molecule has 0 saturated heterocycles. The Morgan fingerprint density at radius 2 is 2.00 bits per heavy atom. The van der Waals surface area contributed by atoms with Crippen molar-refractivity contribution in [3.05, 3.63) is 12.7 Å². The maximum Gasteiger partial charge on any atom is 0.243 e. The van der Waals surface area contributed by atoms with Gasteiger partial charge in [0.25, 0.3) is 0 Å². The summed E-state index contributed by atoms with van der Waals surface area (Å²) in [5.74, 6) is -0.101. The summed E-state index contributed by atoms with van der Waals surface area (Å²) in [5.41, 5.74) is 0. The normalized spacial score (nSPS) is 12.6. The van der Waals surface area contributed by atoms with Crippen LogP contribution in [0.25, 0.3) is 0 Å². The lowest BCUT2D eigenvalue weighted by Gasteiger charge is -2.27. The van der Waals surface area contributed by atoms with E-state index in [0.717, 1.165) is 11.0 Å². The van der Waals surface area contributed by atoms with Gasteiger partial charge in [0.05, 0.1) is 33.7 Å². The molecule has 1 unspecified atom stereocenters. The van der Waals surface area contributed by atoms with E-state index in [-0.39, 0.29) is 24.4 Å². The Morgan fingerprint density at radius 1 is 1.54 bits per heavy atom. The summed E-state index contributed by atoms with van der Waals surface area (Å²) in [6.45, 7) is 6.30. The van der Waals surface area contributed by atoms with Crippen LogP contribution in [0.2, 0.25) is 0 Å². The number of carbonyl (C=O) groups is 1. The van der Waals surface area contributed by atoms with Gasteiger partial charge in [0.15, 0.2) is 0 Å². The number of nitrogens with one attached hydrogen (secondary N) is 1. The van der Waals surface area contributed by atoms with Crippen LogP contribution in [0.1, 0.15) is 6.92 Å². The van der Waals surface area contributed by atoms with Gasteiger partial charge in [-0.25, -0.2) is 0 Å². The van der Waals surface area contributed by atoms with Crippen LogP contribution in [0.5, 0.6) is 0 Å². The van der Waals surface area contributed by atoms with Crippen LogP contribution in [0.4, 0.5) is 0 Å². The van der Waals surface area contributed by atoms with E-state index in [9.17, 15) is 4.79 Å². The number of hydrogen-bond donors (Lipinski definition) is 1. The summed E-state index contributed by atoms with van der Waals surface area (Å²) >= 11 is 0. The van der Waals surface area contributed by atoms with Crippen LogP contribution >= 0.6 is 0 Å². The summed E-state index contributed by atoms with van der Waals surface area (Å²) in [5, 5.41) is 2.81. The molecule has 0 bridgehead atoms. The van der Waals surface area contributed by atoms with Crippen molar-refractivity contribution in [2.24, 2.45) is 0 Å². The quantitative estimate of drug-likeness (QED) is 0.397. The number of likely N-dealkylation sites (N-methyl/N-ethyl adjacent to an activating group) is 1. The van der Waals surface area contributed by atoms with Crippen LogP contribution in [0.3, 0.4) is 0 Å². The summed E-state index contributed by atoms with van der Waals surface area (Å²) in [6, 6.07) is 0.190. The van der Waals surface area contributed by atoms with E-state index >= 15 is 0 Å². The molecule has 1 atom stereocenters. The topological polar surface area (TPSA) is 29.1 Å². The third-order valence-corrected chi connectivity index (χ3v) is 1.40. The highest BCUT2D eigenvalue weighted by Gasteiger charge is 2.13. The summed E-state index contributed by atoms with van der Waals surface area (Å²) in [6.07, 6.45) is 1.30. The molecule has 0 aliphatic carbocycles. The fourth-order valence-electron chi connectivity index (χ4n) is 1.17. The Kier molecular flexibility index (Phi) is 6.90. The Morgan fingerprint density at radius 3 is 2.31 bits per heavy atom. The predicted octanol–water partition coefficient (Wildman–Crippen LogP) is -2.61. The van der Waals surface area contributed by atoms with Crippen molar-refractivity contribution in [3.63, 3.8) is 0 Å². The molecule has 0 aliphatic heterocycles. The summed E-state index contributed by atoms with van der Waals surface area (Å²) < 4.78 is 0.846. The first-order valence-electron chi connectivity index (χ1n) is 4.08. The molecule has 0 fully saturated rings. The van der Waals surface area contributed by atoms with Crippen molar-refractivity contribution < 1.29 is 21.7 Å². The first-order chi connectivity index (χ1) is 5.35. The first-order valence-corrected chi connectivity index (χ1v) is 4.08. The van der Waals surface area contributed by atoms with Crippen LogP contribution in [-0.2, 0) is 4.79 Å². The van der Waals surface area contributed by atoms with E-state index in [1.54, 1.807) is 0 Å². The predicted molar refractivity (Wildman–Crippen MR) is 50.7 cm³/mol. The third-order valence-electron chi connectivity index (χ3n) is 1.40. The fraction of sp³-hybridized carbons (Fsp3) is 0.667. The minimum atomic E-state index is -0.101. The molecular formula is C9H19ClN2O. The number of nitrogens with zero attached hydrogens (tertiary/aromatic N) is 1. The monoisotopic (exact) mass is 206 g/mol. The molecule has 0 rings (SSSR count). The zero-order chi connectivity index (χ0) is 9.78. The average molecular weight is 207 g/mol. The number of amides is 1. The highest BCUT2D eigenvalue weighted by Crippen LogP contribution is 1.93. The van der Waals surface area contributed by atoms with Crippen molar-refractivity contribution in [3.8, 4) is 0 Å². The van der Waals surface area contributed by atoms with E-state index < -0.39 is 0 Å². The van der Waals surface area contributed by atoms with Gasteiger partial charge in [-0.1, -0.05) is 6.58 Å². The van der Waals surface area contributed by atoms with Crippen LogP contribution in [0.15, 0.2) is 12.7 Å². The van der Waals surface area contributed by atoms with Gasteiger partial charge in [-0.3, -0.25) is 4.79 Å². The van der Waals surface area contributed by atoms with Crippen LogP contribution < -0.4 is 17.7 Å². The second kappa shape index (κ2) is 6.00. The smallest absolute Gasteiger partial charge is 0.243 e. The molecule has 0 aromatic rings. The second-order valence-electron chi connectivity index (χ2n) is 4.09. The lowest BCUT2D eigenvalue weighted by molar-refractivity contribution is -0.871. The molecule has 0 radical (unpaired) electrons. The molecular weight excluding hydrogens is 188 g/mol. The molecule has 4 heteroatoms. The molecule has 13 heavy (non-hydrogen) atoms. The molecule has 0 spiro atoms. The molecule has 0 heterocycles. The molecule has 1 N–H and O–H groups in total. The van der Waals surface area contributed by atoms with Crippen molar-refractivity contribution in [2.45, 2.75) is 13.0 Å². The lowest BCUT2D eigenvalue weighted by Crippen LogP contribution is -3.00. The van der Waals surface area contributed by atoms with E-state index in [1.165, 1.54) is 6.08 Å². The number of carbonyl (C=O) groups excluding carboxylic acids is 1. The molecule has 0 aliphatic rings. The average Bonchev–Trinajstić information content (AvgIpc) is 1.82. The Labute approximate surface area is 86.8 Å². The van der Waals surface area contributed by atoms with Crippen molar-refractivity contribution in [1.82, 2.24) is 5.32 Å². The SMILES string of the molecule is C=CC(=O)NC(C)C[N+](C)(C)C.[Cl-]. The zero-order valence-electron chi connectivity index (χ0n) is 8.80. The Bertz CT molecular complexity index is 175. The molecule has 1 amide bonds. The van der Waals surface area contributed by atoms with Gasteiger partial charge < -0.3 is 22.2 Å². The Balaban J connectivity index is 0.